The van der Waals surface area contributed by atoms with E-state index in [2.05, 4.69) is 31.3 Å². The second-order valence-corrected chi connectivity index (χ2v) is 22.8. The Bertz CT molecular complexity index is 1080. The fraction of sp³-hybridized carbons (Fsp3) is 0.939. The Morgan fingerprint density at radius 1 is 0.375 bits per heavy atom. The maximum Gasteiger partial charge on any atom is 0.305 e. The van der Waals surface area contributed by atoms with Gasteiger partial charge in [0.2, 0.25) is 5.91 Å². The third-order valence-electron chi connectivity index (χ3n) is 15.6. The molecule has 1 amide bonds. The second kappa shape index (κ2) is 62.1. The maximum atomic E-state index is 12.5. The van der Waals surface area contributed by atoms with Crippen molar-refractivity contribution in [3.05, 3.63) is 12.2 Å². The molecule has 0 radical (unpaired) electrons. The average molecular weight is 1020 g/mol. The fourth-order valence-electron chi connectivity index (χ4n) is 10.5. The summed E-state index contributed by atoms with van der Waals surface area (Å²) in [4.78, 5) is 24.6. The minimum absolute atomic E-state index is 0.0124. The molecule has 0 fully saturated rings. The van der Waals surface area contributed by atoms with E-state index in [0.717, 1.165) is 44.9 Å². The number of aliphatic hydroxyl groups excluding tert-OH is 2. The van der Waals surface area contributed by atoms with Gasteiger partial charge in [0, 0.05) is 12.8 Å². The van der Waals surface area contributed by atoms with Gasteiger partial charge in [-0.2, -0.15) is 0 Å². The summed E-state index contributed by atoms with van der Waals surface area (Å²) >= 11 is 0. The smallest absolute Gasteiger partial charge is 0.305 e. The Balaban J connectivity index is 3.35. The number of hydrogen-bond donors (Lipinski definition) is 3. The minimum atomic E-state index is -0.663. The quantitative estimate of drug-likeness (QED) is 0.0320. The van der Waals surface area contributed by atoms with Gasteiger partial charge in [-0.25, -0.2) is 0 Å². The molecule has 0 saturated carbocycles. The standard InChI is InChI=1S/C66H129NO5/c1-3-5-7-9-11-13-15-17-19-20-29-32-36-40-44-48-52-56-60-66(71)72-61-57-53-49-45-41-37-33-30-27-25-23-21-22-24-26-28-31-35-39-43-47-51-55-59-65(70)67-63(62-68)64(69)58-54-50-46-42-38-34-18-16-14-12-10-8-6-4-2/h19-20,63-64,68-69H,3-18,21-62H2,1-2H3,(H,67,70)/b20-19-. The largest absolute Gasteiger partial charge is 0.466 e. The van der Waals surface area contributed by atoms with Gasteiger partial charge in [0.05, 0.1) is 25.4 Å². The first-order valence-corrected chi connectivity index (χ1v) is 32.9. The molecule has 3 N–H and O–H groups in total. The highest BCUT2D eigenvalue weighted by Crippen LogP contribution is 2.19. The molecule has 0 bridgehead atoms. The molecule has 2 atom stereocenters. The molecule has 428 valence electrons. The molecule has 0 rings (SSSR count). The summed E-state index contributed by atoms with van der Waals surface area (Å²) in [5.74, 6) is -0.0196. The van der Waals surface area contributed by atoms with E-state index in [0.29, 0.717) is 25.9 Å². The lowest BCUT2D eigenvalue weighted by atomic mass is 10.0. The van der Waals surface area contributed by atoms with Gasteiger partial charge in [0.1, 0.15) is 0 Å². The number of nitrogens with one attached hydrogen (secondary N) is 1. The Hall–Kier alpha value is -1.40. The number of aliphatic hydroxyl groups is 2. The van der Waals surface area contributed by atoms with Gasteiger partial charge in [-0.15, -0.1) is 0 Å². The summed E-state index contributed by atoms with van der Waals surface area (Å²) in [6.45, 7) is 4.98. The highest BCUT2D eigenvalue weighted by atomic mass is 16.5. The summed E-state index contributed by atoms with van der Waals surface area (Å²) < 4.78 is 5.50. The van der Waals surface area contributed by atoms with Crippen LogP contribution >= 0.6 is 0 Å². The number of unbranched alkanes of at least 4 members (excludes halogenated alkanes) is 49. The molecule has 0 saturated heterocycles. The number of carbonyl (C=O) groups excluding carboxylic acids is 2. The van der Waals surface area contributed by atoms with Gasteiger partial charge in [-0.3, -0.25) is 9.59 Å². The molecule has 72 heavy (non-hydrogen) atoms. The van der Waals surface area contributed by atoms with Gasteiger partial charge >= 0.3 is 5.97 Å². The van der Waals surface area contributed by atoms with Crippen LogP contribution in [0.3, 0.4) is 0 Å². The lowest BCUT2D eigenvalue weighted by Gasteiger charge is -2.22. The zero-order chi connectivity index (χ0) is 52.2. The molecule has 6 nitrogen and oxygen atoms in total. The predicted molar refractivity (Wildman–Crippen MR) is 315 cm³/mol. The summed E-state index contributed by atoms with van der Waals surface area (Å²) in [7, 11) is 0. The molecule has 0 spiro atoms. The molecule has 0 aliphatic heterocycles. The fourth-order valence-corrected chi connectivity index (χ4v) is 10.5. The number of ether oxygens (including phenoxy) is 1. The van der Waals surface area contributed by atoms with E-state index in [-0.39, 0.29) is 18.5 Å². The van der Waals surface area contributed by atoms with Crippen LogP contribution in [0.15, 0.2) is 12.2 Å². The van der Waals surface area contributed by atoms with Crippen molar-refractivity contribution >= 4 is 11.9 Å². The van der Waals surface area contributed by atoms with Crippen molar-refractivity contribution < 1.29 is 24.5 Å². The van der Waals surface area contributed by atoms with E-state index >= 15 is 0 Å². The molecule has 0 aromatic heterocycles. The lowest BCUT2D eigenvalue weighted by molar-refractivity contribution is -0.143. The van der Waals surface area contributed by atoms with Crippen LogP contribution < -0.4 is 5.32 Å². The van der Waals surface area contributed by atoms with Crippen molar-refractivity contribution in [3.8, 4) is 0 Å². The van der Waals surface area contributed by atoms with Crippen LogP contribution in [0.1, 0.15) is 373 Å². The molecular weight excluding hydrogens is 887 g/mol. The van der Waals surface area contributed by atoms with Gasteiger partial charge in [0.15, 0.2) is 0 Å². The van der Waals surface area contributed by atoms with Crippen LogP contribution in [-0.2, 0) is 14.3 Å². The van der Waals surface area contributed by atoms with E-state index in [1.165, 1.54) is 295 Å². The van der Waals surface area contributed by atoms with Crippen molar-refractivity contribution in [1.82, 2.24) is 5.32 Å². The van der Waals surface area contributed by atoms with Crippen molar-refractivity contribution in [2.75, 3.05) is 13.2 Å². The summed E-state index contributed by atoms with van der Waals surface area (Å²) in [5, 5.41) is 23.3. The second-order valence-electron chi connectivity index (χ2n) is 22.8. The molecule has 0 aliphatic rings. The monoisotopic (exact) mass is 1020 g/mol. The average Bonchev–Trinajstić information content (AvgIpc) is 3.38. The van der Waals surface area contributed by atoms with Crippen LogP contribution in [0, 0.1) is 0 Å². The number of hydrogen-bond acceptors (Lipinski definition) is 5. The van der Waals surface area contributed by atoms with Crippen LogP contribution in [-0.4, -0.2) is 47.4 Å². The molecule has 6 heteroatoms. The first kappa shape index (κ1) is 70.6. The molecule has 2 unspecified atom stereocenters. The molecular formula is C66H129NO5. The van der Waals surface area contributed by atoms with E-state index in [1.54, 1.807) is 0 Å². The van der Waals surface area contributed by atoms with Gasteiger partial charge in [-0.1, -0.05) is 321 Å². The number of amides is 1. The molecule has 0 aliphatic carbocycles. The van der Waals surface area contributed by atoms with Crippen LogP contribution in [0.25, 0.3) is 0 Å². The summed E-state index contributed by atoms with van der Waals surface area (Å²) in [5.41, 5.74) is 0. The Morgan fingerprint density at radius 2 is 0.653 bits per heavy atom. The van der Waals surface area contributed by atoms with Crippen LogP contribution in [0.5, 0.6) is 0 Å². The maximum absolute atomic E-state index is 12.5. The van der Waals surface area contributed by atoms with E-state index < -0.39 is 12.1 Å². The highest BCUT2D eigenvalue weighted by molar-refractivity contribution is 5.76. The van der Waals surface area contributed by atoms with Crippen molar-refractivity contribution in [2.24, 2.45) is 0 Å². The molecule has 0 heterocycles. The topological polar surface area (TPSA) is 95.9 Å². The zero-order valence-electron chi connectivity index (χ0n) is 48.9. The number of esters is 1. The zero-order valence-corrected chi connectivity index (χ0v) is 48.9. The summed E-state index contributed by atoms with van der Waals surface area (Å²) in [6.07, 6.45) is 75.2. The normalized spacial score (nSPS) is 12.6. The third kappa shape index (κ3) is 57.9. The van der Waals surface area contributed by atoms with Crippen molar-refractivity contribution in [3.63, 3.8) is 0 Å². The first-order valence-electron chi connectivity index (χ1n) is 32.9. The molecule has 0 aromatic carbocycles. The molecule has 0 aromatic rings. The SMILES string of the molecule is CCCCCCCCC/C=C\CCCCCCCCCC(=O)OCCCCCCCCCCCCCCCCCCCCCCCCCC(=O)NC(CO)C(O)CCCCCCCCCCCCCCCC. The third-order valence-corrected chi connectivity index (χ3v) is 15.6. The highest BCUT2D eigenvalue weighted by Gasteiger charge is 2.20. The Morgan fingerprint density at radius 3 is 0.986 bits per heavy atom. The van der Waals surface area contributed by atoms with Gasteiger partial charge in [0.25, 0.3) is 0 Å². The van der Waals surface area contributed by atoms with Crippen LogP contribution in [0.2, 0.25) is 0 Å². The van der Waals surface area contributed by atoms with Crippen LogP contribution in [0.4, 0.5) is 0 Å². The summed E-state index contributed by atoms with van der Waals surface area (Å²) in [6, 6.07) is -0.540. The van der Waals surface area contributed by atoms with E-state index in [1.807, 2.05) is 0 Å². The number of carbonyl (C=O) groups is 2. The Kier molecular flexibility index (Phi) is 60.9. The minimum Gasteiger partial charge on any atom is -0.466 e. The Labute approximate surface area is 450 Å². The number of allylic oxidation sites excluding steroid dienone is 2. The van der Waals surface area contributed by atoms with Crippen molar-refractivity contribution in [2.45, 2.75) is 386 Å². The predicted octanol–water partition coefficient (Wildman–Crippen LogP) is 20.8. The number of rotatable bonds is 62. The van der Waals surface area contributed by atoms with Gasteiger partial charge in [-0.05, 0) is 51.4 Å². The van der Waals surface area contributed by atoms with Gasteiger partial charge < -0.3 is 20.3 Å². The van der Waals surface area contributed by atoms with Crippen molar-refractivity contribution in [1.29, 1.82) is 0 Å². The van der Waals surface area contributed by atoms with E-state index in [4.69, 9.17) is 4.74 Å². The van der Waals surface area contributed by atoms with E-state index in [9.17, 15) is 19.8 Å². The first-order chi connectivity index (χ1) is 35.5. The lowest BCUT2D eigenvalue weighted by Crippen LogP contribution is -2.45.